The van der Waals surface area contributed by atoms with Gasteiger partial charge >= 0.3 is 12.1 Å². The van der Waals surface area contributed by atoms with Crippen LogP contribution in [0.15, 0.2) is 32.0 Å². The molecule has 0 aliphatic heterocycles. The van der Waals surface area contributed by atoms with Gasteiger partial charge in [-0.1, -0.05) is 15.9 Å². The number of sulfonamides is 1. The van der Waals surface area contributed by atoms with Crippen molar-refractivity contribution in [3.05, 3.63) is 27.1 Å². The van der Waals surface area contributed by atoms with Crippen LogP contribution in [-0.4, -0.2) is 31.2 Å². The van der Waals surface area contributed by atoms with Crippen LogP contribution in [0.5, 0.6) is 0 Å². The van der Waals surface area contributed by atoms with Crippen LogP contribution in [0.1, 0.15) is 6.92 Å². The fraction of sp³-hybridized carbons (Fsp3) is 0.300. The Morgan fingerprint density at radius 3 is 2.24 bits per heavy atom. The number of nitrogens with one attached hydrogen (secondary N) is 1. The van der Waals surface area contributed by atoms with E-state index < -0.39 is 32.6 Å². The highest BCUT2D eigenvalue weighted by molar-refractivity contribution is 9.11. The van der Waals surface area contributed by atoms with E-state index in [1.165, 1.54) is 16.9 Å². The lowest BCUT2D eigenvalue weighted by atomic mass is 10.0. The first-order valence-corrected chi connectivity index (χ1v) is 8.17. The smallest absolute Gasteiger partial charge is 0.418 e. The minimum Gasteiger partial charge on any atom is -0.480 e. The molecule has 21 heavy (non-hydrogen) atoms. The van der Waals surface area contributed by atoms with Crippen LogP contribution in [0.3, 0.4) is 0 Å². The van der Waals surface area contributed by atoms with E-state index in [0.717, 1.165) is 6.07 Å². The fourth-order valence-corrected chi connectivity index (χ4v) is 4.09. The van der Waals surface area contributed by atoms with Crippen molar-refractivity contribution in [2.75, 3.05) is 0 Å². The maximum absolute atomic E-state index is 12.9. The van der Waals surface area contributed by atoms with E-state index >= 15 is 0 Å². The Morgan fingerprint density at radius 1 is 1.29 bits per heavy atom. The summed E-state index contributed by atoms with van der Waals surface area (Å²) in [7, 11) is -4.73. The summed E-state index contributed by atoms with van der Waals surface area (Å²) < 4.78 is 64.1. The highest BCUT2D eigenvalue weighted by atomic mass is 79.9. The topological polar surface area (TPSA) is 83.5 Å². The van der Waals surface area contributed by atoms with Crippen LogP contribution in [0.2, 0.25) is 0 Å². The van der Waals surface area contributed by atoms with Gasteiger partial charge in [-0.25, -0.2) is 13.2 Å². The van der Waals surface area contributed by atoms with E-state index in [2.05, 4.69) is 31.9 Å². The van der Waals surface area contributed by atoms with E-state index in [1.807, 2.05) is 0 Å². The lowest BCUT2D eigenvalue weighted by molar-refractivity contribution is -0.201. The monoisotopic (exact) mass is 453 g/mol. The quantitative estimate of drug-likeness (QED) is 0.732. The molecule has 0 radical (unpaired) electrons. The van der Waals surface area contributed by atoms with Crippen molar-refractivity contribution in [2.24, 2.45) is 0 Å². The number of carboxylic acids is 1. The molecule has 0 saturated heterocycles. The van der Waals surface area contributed by atoms with E-state index in [0.29, 0.717) is 4.47 Å². The van der Waals surface area contributed by atoms with Gasteiger partial charge in [0.2, 0.25) is 15.6 Å². The van der Waals surface area contributed by atoms with Crippen LogP contribution in [-0.2, 0) is 14.8 Å². The standard InChI is InChI=1S/C10H8Br2F3NO4S/c1-9(8(17)18,10(13,14)15)16-21(19,20)7-4-5(11)2-3-6(7)12/h2-4,16H,1H3,(H,17,18). The van der Waals surface area contributed by atoms with E-state index in [-0.39, 0.29) is 11.4 Å². The Bertz CT molecular complexity index is 677. The molecule has 0 aromatic heterocycles. The molecule has 0 bridgehead atoms. The van der Waals surface area contributed by atoms with Crippen molar-refractivity contribution in [2.45, 2.75) is 23.5 Å². The van der Waals surface area contributed by atoms with Crippen LogP contribution in [0.4, 0.5) is 13.2 Å². The van der Waals surface area contributed by atoms with Gasteiger partial charge < -0.3 is 5.11 Å². The molecule has 5 nitrogen and oxygen atoms in total. The Labute approximate surface area is 134 Å². The number of benzene rings is 1. The Hall–Kier alpha value is -0.650. The van der Waals surface area contributed by atoms with Gasteiger partial charge in [-0.2, -0.15) is 17.9 Å². The second kappa shape index (κ2) is 5.86. The summed E-state index contributed by atoms with van der Waals surface area (Å²) in [6.07, 6.45) is -5.32. The molecule has 1 aromatic carbocycles. The molecular formula is C10H8Br2F3NO4S. The Balaban J connectivity index is 3.39. The van der Waals surface area contributed by atoms with Crippen LogP contribution < -0.4 is 4.72 Å². The molecule has 0 amide bonds. The first kappa shape index (κ1) is 18.4. The summed E-state index contributed by atoms with van der Waals surface area (Å²) in [5.74, 6) is -2.36. The number of hydrogen-bond acceptors (Lipinski definition) is 3. The third-order valence-electron chi connectivity index (χ3n) is 2.52. The number of halogens is 5. The summed E-state index contributed by atoms with van der Waals surface area (Å²) in [5, 5.41) is 8.73. The predicted octanol–water partition coefficient (Wildman–Crippen LogP) is 2.90. The van der Waals surface area contributed by atoms with Gasteiger partial charge in [0.15, 0.2) is 0 Å². The second-order valence-electron chi connectivity index (χ2n) is 4.11. The minimum atomic E-state index is -5.32. The SMILES string of the molecule is CC(NS(=O)(=O)c1cc(Br)ccc1Br)(C(=O)O)C(F)(F)F. The first-order chi connectivity index (χ1) is 9.31. The van der Waals surface area contributed by atoms with Crippen molar-refractivity contribution in [3.8, 4) is 0 Å². The van der Waals surface area contributed by atoms with Gasteiger partial charge in [0.25, 0.3) is 0 Å². The number of aliphatic carboxylic acids is 1. The molecule has 11 heteroatoms. The average Bonchev–Trinajstić information content (AvgIpc) is 2.29. The molecule has 0 aliphatic carbocycles. The van der Waals surface area contributed by atoms with Crippen LogP contribution in [0, 0.1) is 0 Å². The molecule has 1 aromatic rings. The summed E-state index contributed by atoms with van der Waals surface area (Å²) in [6.45, 7) is 0.235. The third-order valence-corrected chi connectivity index (χ3v) is 5.56. The maximum Gasteiger partial charge on any atom is 0.418 e. The molecule has 1 rings (SSSR count). The van der Waals surface area contributed by atoms with Crippen LogP contribution >= 0.6 is 31.9 Å². The zero-order valence-corrected chi connectivity index (χ0v) is 14.2. The van der Waals surface area contributed by atoms with Gasteiger partial charge in [-0.05, 0) is 41.1 Å². The highest BCUT2D eigenvalue weighted by Gasteiger charge is 2.59. The van der Waals surface area contributed by atoms with Crippen molar-refractivity contribution in [1.82, 2.24) is 4.72 Å². The maximum atomic E-state index is 12.9. The van der Waals surface area contributed by atoms with Crippen molar-refractivity contribution in [3.63, 3.8) is 0 Å². The van der Waals surface area contributed by atoms with E-state index in [9.17, 15) is 26.4 Å². The van der Waals surface area contributed by atoms with Gasteiger partial charge in [0, 0.05) is 8.95 Å². The Kier molecular flexibility index (Phi) is 5.13. The number of carboxylic acid groups (broad SMARTS) is 1. The number of rotatable bonds is 4. The van der Waals surface area contributed by atoms with E-state index in [4.69, 9.17) is 5.11 Å². The molecule has 0 heterocycles. The molecule has 1 atom stereocenters. The average molecular weight is 455 g/mol. The lowest BCUT2D eigenvalue weighted by Gasteiger charge is -2.28. The molecule has 118 valence electrons. The summed E-state index contributed by atoms with van der Waals surface area (Å²) >= 11 is 5.88. The van der Waals surface area contributed by atoms with E-state index in [1.54, 1.807) is 0 Å². The highest BCUT2D eigenvalue weighted by Crippen LogP contribution is 2.33. The zero-order valence-electron chi connectivity index (χ0n) is 10.2. The van der Waals surface area contributed by atoms with Crippen molar-refractivity contribution >= 4 is 47.9 Å². The van der Waals surface area contributed by atoms with Gasteiger partial charge in [0.05, 0.1) is 4.90 Å². The minimum absolute atomic E-state index is 0.00638. The van der Waals surface area contributed by atoms with Crippen molar-refractivity contribution < 1.29 is 31.5 Å². The molecule has 0 aliphatic rings. The first-order valence-electron chi connectivity index (χ1n) is 5.10. The Morgan fingerprint density at radius 2 is 1.81 bits per heavy atom. The van der Waals surface area contributed by atoms with Crippen molar-refractivity contribution in [1.29, 1.82) is 0 Å². The molecule has 0 spiro atoms. The molecule has 0 saturated carbocycles. The predicted molar refractivity (Wildman–Crippen MR) is 74.3 cm³/mol. The third kappa shape index (κ3) is 3.76. The number of alkyl halides is 3. The normalized spacial score (nSPS) is 15.5. The number of carbonyl (C=O) groups is 1. The molecular weight excluding hydrogens is 447 g/mol. The largest absolute Gasteiger partial charge is 0.480 e. The molecule has 0 fully saturated rings. The van der Waals surface area contributed by atoms with Gasteiger partial charge in [-0.15, -0.1) is 0 Å². The molecule has 1 unspecified atom stereocenters. The molecule has 2 N–H and O–H groups in total. The lowest BCUT2D eigenvalue weighted by Crippen LogP contribution is -2.61. The number of hydrogen-bond donors (Lipinski definition) is 2. The van der Waals surface area contributed by atoms with Gasteiger partial charge in [0.1, 0.15) is 0 Å². The summed E-state index contributed by atoms with van der Waals surface area (Å²) in [5.41, 5.74) is -3.65. The summed E-state index contributed by atoms with van der Waals surface area (Å²) in [4.78, 5) is 10.3. The zero-order chi connectivity index (χ0) is 16.6. The second-order valence-corrected chi connectivity index (χ2v) is 7.53. The fourth-order valence-electron chi connectivity index (χ4n) is 1.23. The summed E-state index contributed by atoms with van der Waals surface area (Å²) in [6, 6.07) is 3.80. The van der Waals surface area contributed by atoms with Crippen LogP contribution in [0.25, 0.3) is 0 Å². The van der Waals surface area contributed by atoms with Gasteiger partial charge in [-0.3, -0.25) is 0 Å².